The van der Waals surface area contributed by atoms with Crippen LogP contribution in [0, 0.1) is 5.41 Å². The minimum atomic E-state index is -4.36. The molecular formula is C14H17F3N2O. The fourth-order valence-electron chi connectivity index (χ4n) is 2.41. The van der Waals surface area contributed by atoms with E-state index in [-0.39, 0.29) is 5.91 Å². The first kappa shape index (κ1) is 14.8. The maximum atomic E-state index is 12.4. The van der Waals surface area contributed by atoms with E-state index in [0.717, 1.165) is 25.1 Å². The van der Waals surface area contributed by atoms with Crippen molar-refractivity contribution < 1.29 is 18.0 Å². The van der Waals surface area contributed by atoms with Crippen molar-refractivity contribution >= 4 is 11.6 Å². The van der Waals surface area contributed by atoms with E-state index in [4.69, 9.17) is 0 Å². The van der Waals surface area contributed by atoms with Crippen LogP contribution < -0.4 is 10.6 Å². The third-order valence-corrected chi connectivity index (χ3v) is 3.87. The summed E-state index contributed by atoms with van der Waals surface area (Å²) in [7, 11) is 0. The van der Waals surface area contributed by atoms with Crippen molar-refractivity contribution in [2.75, 3.05) is 18.4 Å². The van der Waals surface area contributed by atoms with Gasteiger partial charge in [0.1, 0.15) is 0 Å². The van der Waals surface area contributed by atoms with Gasteiger partial charge >= 0.3 is 6.18 Å². The molecule has 0 spiro atoms. The van der Waals surface area contributed by atoms with Crippen molar-refractivity contribution in [3.8, 4) is 0 Å². The number of anilines is 1. The van der Waals surface area contributed by atoms with E-state index < -0.39 is 17.2 Å². The lowest BCUT2D eigenvalue weighted by Crippen LogP contribution is -2.37. The Hall–Kier alpha value is -1.56. The van der Waals surface area contributed by atoms with Crippen LogP contribution in [0.1, 0.15) is 25.3 Å². The Kier molecular flexibility index (Phi) is 4.04. The zero-order valence-electron chi connectivity index (χ0n) is 11.2. The zero-order valence-corrected chi connectivity index (χ0v) is 11.2. The number of carbonyl (C=O) groups excluding carboxylic acids is 1. The van der Waals surface area contributed by atoms with Crippen molar-refractivity contribution in [2.24, 2.45) is 5.41 Å². The molecule has 110 valence electrons. The lowest BCUT2D eigenvalue weighted by atomic mass is 9.83. The Morgan fingerprint density at radius 2 is 2.00 bits per heavy atom. The molecule has 1 fully saturated rings. The second-order valence-electron chi connectivity index (χ2n) is 5.09. The molecule has 20 heavy (non-hydrogen) atoms. The molecule has 0 aliphatic carbocycles. The number of halogens is 3. The van der Waals surface area contributed by atoms with Crippen LogP contribution >= 0.6 is 0 Å². The molecule has 1 saturated heterocycles. The molecule has 1 aromatic rings. The maximum Gasteiger partial charge on any atom is 0.416 e. The highest BCUT2D eigenvalue weighted by Crippen LogP contribution is 2.32. The molecule has 2 rings (SSSR count). The highest BCUT2D eigenvalue weighted by atomic mass is 19.4. The first-order chi connectivity index (χ1) is 9.37. The summed E-state index contributed by atoms with van der Waals surface area (Å²) >= 11 is 0. The Labute approximate surface area is 115 Å². The Bertz CT molecular complexity index is 476. The number of rotatable bonds is 3. The van der Waals surface area contributed by atoms with Gasteiger partial charge in [-0.2, -0.15) is 13.2 Å². The smallest absolute Gasteiger partial charge is 0.326 e. The molecule has 1 unspecified atom stereocenters. The van der Waals surface area contributed by atoms with Crippen LogP contribution in [-0.4, -0.2) is 19.0 Å². The summed E-state index contributed by atoms with van der Waals surface area (Å²) in [6, 6.07) is 4.52. The molecule has 1 aliphatic rings. The number of amides is 1. The van der Waals surface area contributed by atoms with Gasteiger partial charge in [-0.3, -0.25) is 4.79 Å². The molecule has 1 aliphatic heterocycles. The fourth-order valence-corrected chi connectivity index (χ4v) is 2.41. The van der Waals surface area contributed by atoms with Crippen LogP contribution in [0.2, 0.25) is 0 Å². The van der Waals surface area contributed by atoms with Crippen LogP contribution in [0.15, 0.2) is 24.3 Å². The van der Waals surface area contributed by atoms with E-state index in [0.29, 0.717) is 18.7 Å². The molecule has 1 amide bonds. The number of hydrogen-bond donors (Lipinski definition) is 2. The Balaban J connectivity index is 2.08. The molecule has 1 atom stereocenters. The van der Waals surface area contributed by atoms with Gasteiger partial charge in [-0.25, -0.2) is 0 Å². The van der Waals surface area contributed by atoms with Gasteiger partial charge < -0.3 is 10.6 Å². The molecule has 6 heteroatoms. The van der Waals surface area contributed by atoms with Gasteiger partial charge in [0.05, 0.1) is 11.0 Å². The van der Waals surface area contributed by atoms with Gasteiger partial charge in [0.25, 0.3) is 0 Å². The second-order valence-corrected chi connectivity index (χ2v) is 5.09. The average molecular weight is 286 g/mol. The van der Waals surface area contributed by atoms with Gasteiger partial charge in [-0.1, -0.05) is 6.92 Å². The lowest BCUT2D eigenvalue weighted by molar-refractivity contribution is -0.137. The molecule has 1 aromatic carbocycles. The van der Waals surface area contributed by atoms with Gasteiger partial charge in [0, 0.05) is 12.2 Å². The number of hydrogen-bond acceptors (Lipinski definition) is 2. The van der Waals surface area contributed by atoms with E-state index in [1.165, 1.54) is 12.1 Å². The van der Waals surface area contributed by atoms with Crippen molar-refractivity contribution in [1.29, 1.82) is 0 Å². The maximum absolute atomic E-state index is 12.4. The predicted octanol–water partition coefficient (Wildman–Crippen LogP) is 3.03. The molecule has 3 nitrogen and oxygen atoms in total. The molecule has 2 N–H and O–H groups in total. The van der Waals surface area contributed by atoms with Gasteiger partial charge in [0.2, 0.25) is 5.91 Å². The van der Waals surface area contributed by atoms with E-state index in [9.17, 15) is 18.0 Å². The number of alkyl halides is 3. The van der Waals surface area contributed by atoms with Crippen molar-refractivity contribution in [3.05, 3.63) is 29.8 Å². The first-order valence-electron chi connectivity index (χ1n) is 6.57. The third kappa shape index (κ3) is 2.95. The largest absolute Gasteiger partial charge is 0.416 e. The first-order valence-corrected chi connectivity index (χ1v) is 6.57. The molecule has 0 aromatic heterocycles. The number of nitrogens with one attached hydrogen (secondary N) is 2. The van der Waals surface area contributed by atoms with Crippen LogP contribution in [0.5, 0.6) is 0 Å². The van der Waals surface area contributed by atoms with Gasteiger partial charge in [-0.15, -0.1) is 0 Å². The summed E-state index contributed by atoms with van der Waals surface area (Å²) in [6.07, 6.45) is -2.91. The zero-order chi connectivity index (χ0) is 14.8. The van der Waals surface area contributed by atoms with Crippen LogP contribution in [0.25, 0.3) is 0 Å². The summed E-state index contributed by atoms with van der Waals surface area (Å²) in [4.78, 5) is 12.3. The highest BCUT2D eigenvalue weighted by Gasteiger charge is 2.39. The van der Waals surface area contributed by atoms with Crippen LogP contribution in [-0.2, 0) is 11.0 Å². The molecule has 0 bridgehead atoms. The summed E-state index contributed by atoms with van der Waals surface area (Å²) in [5.74, 6) is -0.134. The summed E-state index contributed by atoms with van der Waals surface area (Å²) < 4.78 is 37.3. The average Bonchev–Trinajstić information content (AvgIpc) is 2.88. The predicted molar refractivity (Wildman–Crippen MR) is 70.3 cm³/mol. The molecule has 0 saturated carbocycles. The monoisotopic (exact) mass is 286 g/mol. The van der Waals surface area contributed by atoms with Crippen molar-refractivity contribution in [1.82, 2.24) is 5.32 Å². The summed E-state index contributed by atoms with van der Waals surface area (Å²) in [5, 5.41) is 5.86. The number of carbonyl (C=O) groups is 1. The molecule has 1 heterocycles. The van der Waals surface area contributed by atoms with Crippen molar-refractivity contribution in [2.45, 2.75) is 25.9 Å². The normalized spacial score (nSPS) is 22.8. The topological polar surface area (TPSA) is 41.1 Å². The van der Waals surface area contributed by atoms with Gasteiger partial charge in [0.15, 0.2) is 0 Å². The SMILES string of the molecule is CCC1(C(=O)Nc2ccc(C(F)(F)F)cc2)CCNC1. The Morgan fingerprint density at radius 3 is 2.45 bits per heavy atom. The standard InChI is InChI=1S/C14H17F3N2O/c1-2-13(7-8-18-9-13)12(20)19-11-5-3-10(4-6-11)14(15,16)17/h3-6,18H,2,7-9H2,1H3,(H,19,20). The third-order valence-electron chi connectivity index (χ3n) is 3.87. The fraction of sp³-hybridized carbons (Fsp3) is 0.500. The summed E-state index contributed by atoms with van der Waals surface area (Å²) in [6.45, 7) is 3.34. The molecular weight excluding hydrogens is 269 g/mol. The Morgan fingerprint density at radius 1 is 1.35 bits per heavy atom. The van der Waals surface area contributed by atoms with Crippen molar-refractivity contribution in [3.63, 3.8) is 0 Å². The molecule has 0 radical (unpaired) electrons. The quantitative estimate of drug-likeness (QED) is 0.896. The van der Waals surface area contributed by atoms with E-state index in [2.05, 4.69) is 10.6 Å². The minimum absolute atomic E-state index is 0.134. The minimum Gasteiger partial charge on any atom is -0.326 e. The lowest BCUT2D eigenvalue weighted by Gasteiger charge is -2.25. The van der Waals surface area contributed by atoms with E-state index in [1.54, 1.807) is 0 Å². The highest BCUT2D eigenvalue weighted by molar-refractivity contribution is 5.95. The number of benzene rings is 1. The second kappa shape index (κ2) is 5.44. The van der Waals surface area contributed by atoms with E-state index in [1.807, 2.05) is 6.92 Å². The van der Waals surface area contributed by atoms with Crippen LogP contribution in [0.4, 0.5) is 18.9 Å². The van der Waals surface area contributed by atoms with E-state index >= 15 is 0 Å². The summed E-state index contributed by atoms with van der Waals surface area (Å²) in [5.41, 5.74) is -0.783. The van der Waals surface area contributed by atoms with Crippen LogP contribution in [0.3, 0.4) is 0 Å². The van der Waals surface area contributed by atoms with Gasteiger partial charge in [-0.05, 0) is 43.7 Å².